The number of aryl methyl sites for hydroxylation is 3. The van der Waals surface area contributed by atoms with E-state index in [0.29, 0.717) is 16.8 Å². The number of nitrogens with zero attached hydrogens (tertiary/aromatic N) is 2. The number of hydrogen-bond acceptors (Lipinski definition) is 8. The highest BCUT2D eigenvalue weighted by atomic mass is 32.2. The molecule has 0 aliphatic carbocycles. The third-order valence-electron chi connectivity index (χ3n) is 4.21. The lowest BCUT2D eigenvalue weighted by Crippen LogP contribution is -2.15. The Morgan fingerprint density at radius 1 is 1.14 bits per heavy atom. The van der Waals surface area contributed by atoms with Crippen LogP contribution in [0.15, 0.2) is 11.0 Å². The molecular formula is C18H22N2O7S. The van der Waals surface area contributed by atoms with Crippen molar-refractivity contribution in [2.24, 2.45) is 7.05 Å². The minimum atomic E-state index is -3.53. The summed E-state index contributed by atoms with van der Waals surface area (Å²) in [5, 5.41) is 4.13. The van der Waals surface area contributed by atoms with Gasteiger partial charge in [0.05, 0.1) is 30.4 Å². The topological polar surface area (TPSA) is 114 Å². The van der Waals surface area contributed by atoms with Crippen molar-refractivity contribution >= 4 is 21.8 Å². The van der Waals surface area contributed by atoms with Crippen LogP contribution in [0.25, 0.3) is 0 Å². The lowest BCUT2D eigenvalue weighted by Gasteiger charge is -2.16. The number of hydrogen-bond donors (Lipinski definition) is 0. The highest BCUT2D eigenvalue weighted by molar-refractivity contribution is 7.90. The molecule has 0 atom stereocenters. The van der Waals surface area contributed by atoms with E-state index >= 15 is 0 Å². The third-order valence-corrected chi connectivity index (χ3v) is 5.58. The normalized spacial score (nSPS) is 11.2. The zero-order valence-electron chi connectivity index (χ0n) is 16.7. The molecule has 2 rings (SSSR count). The van der Waals surface area contributed by atoms with Crippen LogP contribution >= 0.6 is 0 Å². The van der Waals surface area contributed by atoms with Crippen LogP contribution in [-0.4, -0.2) is 50.6 Å². The molecule has 2 aromatic rings. The Kier molecular flexibility index (Phi) is 5.83. The number of sulfone groups is 1. The maximum absolute atomic E-state index is 13.3. The summed E-state index contributed by atoms with van der Waals surface area (Å²) < 4.78 is 40.4. The lowest BCUT2D eigenvalue weighted by molar-refractivity contribution is 0.102. The van der Waals surface area contributed by atoms with Crippen molar-refractivity contribution in [2.45, 2.75) is 25.7 Å². The SMILES string of the molecule is COC(=O)Oc1c(C(=O)c2cc(C)c(S(C)(=O)=O)c(C)c2OC)c(C)nn1C. The van der Waals surface area contributed by atoms with Crippen LogP contribution < -0.4 is 9.47 Å². The molecule has 0 aliphatic heterocycles. The van der Waals surface area contributed by atoms with E-state index in [0.717, 1.165) is 13.4 Å². The van der Waals surface area contributed by atoms with Gasteiger partial charge >= 0.3 is 6.16 Å². The van der Waals surface area contributed by atoms with Gasteiger partial charge in [-0.3, -0.25) is 4.79 Å². The standard InChI is InChI=1S/C18H22N2O7S/c1-9-8-12(15(25-5)10(2)16(9)28(7,23)24)14(21)13-11(3)19-20(4)17(13)27-18(22)26-6/h8H,1-7H3. The second-order valence-electron chi connectivity index (χ2n) is 6.28. The molecule has 152 valence electrons. The molecule has 1 heterocycles. The first kappa shape index (κ1) is 21.4. The van der Waals surface area contributed by atoms with Crippen molar-refractivity contribution in [3.8, 4) is 11.6 Å². The maximum Gasteiger partial charge on any atom is 0.514 e. The molecule has 0 amide bonds. The molecule has 0 saturated heterocycles. The van der Waals surface area contributed by atoms with Crippen molar-refractivity contribution in [1.82, 2.24) is 9.78 Å². The van der Waals surface area contributed by atoms with Crippen LogP contribution in [-0.2, 0) is 21.6 Å². The highest BCUT2D eigenvalue weighted by Crippen LogP contribution is 2.35. The van der Waals surface area contributed by atoms with Gasteiger partial charge in [-0.1, -0.05) is 0 Å². The number of ketones is 1. The average Bonchev–Trinajstić information content (AvgIpc) is 2.85. The van der Waals surface area contributed by atoms with Gasteiger partial charge in [0.25, 0.3) is 0 Å². The molecule has 9 nitrogen and oxygen atoms in total. The summed E-state index contributed by atoms with van der Waals surface area (Å²) in [6.07, 6.45) is 0.0976. The monoisotopic (exact) mass is 410 g/mol. The molecule has 0 bridgehead atoms. The number of methoxy groups -OCH3 is 2. The fourth-order valence-corrected chi connectivity index (χ4v) is 4.51. The molecule has 0 aliphatic rings. The van der Waals surface area contributed by atoms with E-state index in [1.165, 1.54) is 24.9 Å². The van der Waals surface area contributed by atoms with Gasteiger partial charge in [-0.05, 0) is 32.4 Å². The Hall–Kier alpha value is -2.88. The Bertz CT molecular complexity index is 1070. The predicted octanol–water partition coefficient (Wildman–Crippen LogP) is 2.13. The summed E-state index contributed by atoms with van der Waals surface area (Å²) in [5.41, 5.74) is 1.25. The van der Waals surface area contributed by atoms with E-state index in [9.17, 15) is 18.0 Å². The van der Waals surface area contributed by atoms with Crippen molar-refractivity contribution in [2.75, 3.05) is 20.5 Å². The molecule has 10 heteroatoms. The van der Waals surface area contributed by atoms with Gasteiger partial charge in [0.15, 0.2) is 9.84 Å². The van der Waals surface area contributed by atoms with E-state index in [1.807, 2.05) is 0 Å². The second-order valence-corrected chi connectivity index (χ2v) is 8.23. The highest BCUT2D eigenvalue weighted by Gasteiger charge is 2.30. The first-order valence-electron chi connectivity index (χ1n) is 8.16. The van der Waals surface area contributed by atoms with Crippen LogP contribution in [0.4, 0.5) is 4.79 Å². The lowest BCUT2D eigenvalue weighted by atomic mass is 9.98. The van der Waals surface area contributed by atoms with E-state index in [4.69, 9.17) is 9.47 Å². The van der Waals surface area contributed by atoms with Gasteiger partial charge in [0.1, 0.15) is 11.3 Å². The summed E-state index contributed by atoms with van der Waals surface area (Å²) in [5.74, 6) is -0.477. The Morgan fingerprint density at radius 2 is 1.75 bits per heavy atom. The number of aromatic nitrogens is 2. The van der Waals surface area contributed by atoms with Crippen molar-refractivity contribution < 1.29 is 32.2 Å². The summed E-state index contributed by atoms with van der Waals surface area (Å²) in [6.45, 7) is 4.76. The number of ether oxygens (including phenoxy) is 3. The largest absolute Gasteiger partial charge is 0.514 e. The summed E-state index contributed by atoms with van der Waals surface area (Å²) in [7, 11) is 0.483. The van der Waals surface area contributed by atoms with Crippen LogP contribution in [0, 0.1) is 20.8 Å². The number of rotatable bonds is 5. The molecule has 1 aromatic carbocycles. The molecule has 0 spiro atoms. The van der Waals surface area contributed by atoms with Crippen LogP contribution in [0.1, 0.15) is 32.7 Å². The van der Waals surface area contributed by atoms with Gasteiger partial charge in [0, 0.05) is 18.9 Å². The summed E-state index contributed by atoms with van der Waals surface area (Å²) >= 11 is 0. The molecule has 0 N–H and O–H groups in total. The maximum atomic E-state index is 13.3. The zero-order valence-corrected chi connectivity index (χ0v) is 17.6. The summed E-state index contributed by atoms with van der Waals surface area (Å²) in [4.78, 5) is 25.0. The summed E-state index contributed by atoms with van der Waals surface area (Å²) in [6, 6.07) is 1.44. The first-order chi connectivity index (χ1) is 12.9. The minimum Gasteiger partial charge on any atom is -0.496 e. The second kappa shape index (κ2) is 7.63. The number of carbonyl (C=O) groups is 2. The van der Waals surface area contributed by atoms with Gasteiger partial charge < -0.3 is 14.2 Å². The predicted molar refractivity (Wildman–Crippen MR) is 100.0 cm³/mol. The zero-order chi connectivity index (χ0) is 21.4. The van der Waals surface area contributed by atoms with Crippen LogP contribution in [0.5, 0.6) is 11.6 Å². The molecule has 0 fully saturated rings. The van der Waals surface area contributed by atoms with Crippen molar-refractivity contribution in [3.63, 3.8) is 0 Å². The molecular weight excluding hydrogens is 388 g/mol. The Morgan fingerprint density at radius 3 is 2.25 bits per heavy atom. The van der Waals surface area contributed by atoms with E-state index < -0.39 is 21.8 Å². The Balaban J connectivity index is 2.74. The van der Waals surface area contributed by atoms with Crippen molar-refractivity contribution in [1.29, 1.82) is 0 Å². The van der Waals surface area contributed by atoms with Crippen LogP contribution in [0.3, 0.4) is 0 Å². The van der Waals surface area contributed by atoms with Gasteiger partial charge in [-0.2, -0.15) is 5.10 Å². The average molecular weight is 410 g/mol. The molecule has 0 saturated carbocycles. The van der Waals surface area contributed by atoms with Gasteiger partial charge in [-0.25, -0.2) is 17.9 Å². The molecule has 1 aromatic heterocycles. The van der Waals surface area contributed by atoms with Crippen molar-refractivity contribution in [3.05, 3.63) is 34.0 Å². The molecule has 0 radical (unpaired) electrons. The van der Waals surface area contributed by atoms with E-state index in [2.05, 4.69) is 9.84 Å². The quantitative estimate of drug-likeness (QED) is 0.544. The van der Waals surface area contributed by atoms with Crippen LogP contribution in [0.2, 0.25) is 0 Å². The fourth-order valence-electron chi connectivity index (χ4n) is 3.22. The van der Waals surface area contributed by atoms with E-state index in [1.54, 1.807) is 20.8 Å². The fraction of sp³-hybridized carbons (Fsp3) is 0.389. The Labute approximate surface area is 163 Å². The number of benzene rings is 1. The number of carbonyl (C=O) groups excluding carboxylic acids is 2. The van der Waals surface area contributed by atoms with Gasteiger partial charge in [-0.15, -0.1) is 0 Å². The molecule has 0 unspecified atom stereocenters. The molecule has 28 heavy (non-hydrogen) atoms. The minimum absolute atomic E-state index is 0.0529. The smallest absolute Gasteiger partial charge is 0.496 e. The third kappa shape index (κ3) is 3.72. The van der Waals surface area contributed by atoms with E-state index in [-0.39, 0.29) is 27.7 Å². The first-order valence-corrected chi connectivity index (χ1v) is 10.1. The van der Waals surface area contributed by atoms with Gasteiger partial charge in [0.2, 0.25) is 11.7 Å².